The van der Waals surface area contributed by atoms with Crippen molar-refractivity contribution in [2.45, 2.75) is 38.1 Å². The van der Waals surface area contributed by atoms with Gasteiger partial charge in [-0.15, -0.1) is 0 Å². The SMILES string of the molecule is CC(CCS(N)(=O)=O)c1cc(-c2nc3cc(F)c(F)cc3n2C2CC2)cnn1. The number of hydrogen-bond donors (Lipinski definition) is 1. The van der Waals surface area contributed by atoms with E-state index in [4.69, 9.17) is 5.14 Å². The molecule has 28 heavy (non-hydrogen) atoms. The highest BCUT2D eigenvalue weighted by Gasteiger charge is 2.29. The van der Waals surface area contributed by atoms with Crippen LogP contribution in [0.3, 0.4) is 0 Å². The molecule has 2 N–H and O–H groups in total. The topological polar surface area (TPSA) is 104 Å². The monoisotopic (exact) mass is 407 g/mol. The smallest absolute Gasteiger partial charge is 0.209 e. The predicted octanol–water partition coefficient (Wildman–Crippen LogP) is 2.89. The number of sulfonamides is 1. The maximum atomic E-state index is 13.8. The summed E-state index contributed by atoms with van der Waals surface area (Å²) in [6.07, 6.45) is 3.73. The summed E-state index contributed by atoms with van der Waals surface area (Å²) in [5.41, 5.74) is 2.18. The minimum absolute atomic E-state index is 0.154. The van der Waals surface area contributed by atoms with Gasteiger partial charge in [-0.2, -0.15) is 10.2 Å². The van der Waals surface area contributed by atoms with E-state index in [2.05, 4.69) is 15.2 Å². The Morgan fingerprint density at radius 2 is 1.96 bits per heavy atom. The number of nitrogens with zero attached hydrogens (tertiary/aromatic N) is 4. The quantitative estimate of drug-likeness (QED) is 0.677. The number of benzene rings is 1. The fraction of sp³-hybridized carbons (Fsp3) is 0.389. The summed E-state index contributed by atoms with van der Waals surface area (Å²) in [6.45, 7) is 1.84. The molecule has 1 aromatic carbocycles. The van der Waals surface area contributed by atoms with E-state index in [0.29, 0.717) is 34.5 Å². The van der Waals surface area contributed by atoms with Crippen molar-refractivity contribution in [3.8, 4) is 11.4 Å². The van der Waals surface area contributed by atoms with Crippen molar-refractivity contribution < 1.29 is 17.2 Å². The molecule has 2 heterocycles. The molecule has 1 atom stereocenters. The van der Waals surface area contributed by atoms with Gasteiger partial charge in [0.25, 0.3) is 0 Å². The normalized spacial score (nSPS) is 15.9. The highest BCUT2D eigenvalue weighted by atomic mass is 32.2. The summed E-state index contributed by atoms with van der Waals surface area (Å²) < 4.78 is 51.7. The maximum Gasteiger partial charge on any atom is 0.209 e. The van der Waals surface area contributed by atoms with Crippen molar-refractivity contribution >= 4 is 21.1 Å². The molecule has 0 saturated heterocycles. The van der Waals surface area contributed by atoms with Crippen LogP contribution in [0.5, 0.6) is 0 Å². The van der Waals surface area contributed by atoms with Crippen LogP contribution in [0.2, 0.25) is 0 Å². The molecule has 3 aromatic rings. The van der Waals surface area contributed by atoms with Crippen molar-refractivity contribution in [1.82, 2.24) is 19.7 Å². The van der Waals surface area contributed by atoms with Crippen molar-refractivity contribution in [3.05, 3.63) is 41.7 Å². The summed E-state index contributed by atoms with van der Waals surface area (Å²) in [7, 11) is -3.56. The van der Waals surface area contributed by atoms with Crippen LogP contribution in [0, 0.1) is 11.6 Å². The summed E-state index contributed by atoms with van der Waals surface area (Å²) >= 11 is 0. The van der Waals surface area contributed by atoms with E-state index in [1.54, 1.807) is 12.3 Å². The first-order chi connectivity index (χ1) is 13.2. The van der Waals surface area contributed by atoms with Crippen LogP contribution >= 0.6 is 0 Å². The van der Waals surface area contributed by atoms with E-state index in [-0.39, 0.29) is 17.7 Å². The number of rotatable bonds is 6. The molecule has 0 bridgehead atoms. The largest absolute Gasteiger partial charge is 0.321 e. The minimum atomic E-state index is -3.56. The van der Waals surface area contributed by atoms with Gasteiger partial charge in [0, 0.05) is 29.7 Å². The zero-order chi connectivity index (χ0) is 20.1. The standard InChI is InChI=1S/C18H19F2N5O2S/c1-10(4-5-28(21,26)27)15-6-11(9-22-24-15)18-23-16-7-13(19)14(20)8-17(16)25(18)12-2-3-12/h6-10,12H,2-5H2,1H3,(H2,21,26,27). The van der Waals surface area contributed by atoms with Gasteiger partial charge in [0.2, 0.25) is 10.0 Å². The van der Waals surface area contributed by atoms with E-state index >= 15 is 0 Å². The average molecular weight is 407 g/mol. The van der Waals surface area contributed by atoms with E-state index in [9.17, 15) is 17.2 Å². The Morgan fingerprint density at radius 3 is 2.64 bits per heavy atom. The van der Waals surface area contributed by atoms with Crippen LogP contribution < -0.4 is 5.14 Å². The second kappa shape index (κ2) is 6.85. The zero-order valence-corrected chi connectivity index (χ0v) is 16.0. The number of imidazole rings is 1. The van der Waals surface area contributed by atoms with E-state index in [0.717, 1.165) is 18.9 Å². The minimum Gasteiger partial charge on any atom is -0.321 e. The second-order valence-corrected chi connectivity index (χ2v) is 8.95. The Morgan fingerprint density at radius 1 is 1.25 bits per heavy atom. The molecule has 0 spiro atoms. The molecule has 1 aliphatic rings. The molecule has 10 heteroatoms. The number of primary sulfonamides is 1. The number of hydrogen-bond acceptors (Lipinski definition) is 5. The summed E-state index contributed by atoms with van der Waals surface area (Å²) in [5.74, 6) is -1.62. The van der Waals surface area contributed by atoms with Crippen molar-refractivity contribution in [1.29, 1.82) is 0 Å². The van der Waals surface area contributed by atoms with Gasteiger partial charge in [-0.25, -0.2) is 27.3 Å². The highest BCUT2D eigenvalue weighted by Crippen LogP contribution is 2.41. The van der Waals surface area contributed by atoms with Crippen LogP contribution in [0.15, 0.2) is 24.4 Å². The predicted molar refractivity (Wildman–Crippen MR) is 100.0 cm³/mol. The molecule has 7 nitrogen and oxygen atoms in total. The van der Waals surface area contributed by atoms with E-state index in [1.165, 1.54) is 6.07 Å². The third-order valence-electron chi connectivity index (χ3n) is 4.92. The van der Waals surface area contributed by atoms with Gasteiger partial charge in [-0.1, -0.05) is 6.92 Å². The lowest BCUT2D eigenvalue weighted by Gasteiger charge is -2.12. The van der Waals surface area contributed by atoms with Gasteiger partial charge in [0.15, 0.2) is 11.6 Å². The lowest BCUT2D eigenvalue weighted by molar-refractivity contribution is 0.510. The van der Waals surface area contributed by atoms with Gasteiger partial charge >= 0.3 is 0 Å². The molecule has 0 radical (unpaired) electrons. The lowest BCUT2D eigenvalue weighted by atomic mass is 10.0. The van der Waals surface area contributed by atoms with Gasteiger partial charge in [-0.05, 0) is 25.3 Å². The van der Waals surface area contributed by atoms with Crippen LogP contribution in [-0.2, 0) is 10.0 Å². The Kier molecular flexibility index (Phi) is 4.62. The Hall–Kier alpha value is -2.46. The first kappa shape index (κ1) is 18.9. The molecule has 148 valence electrons. The first-order valence-corrected chi connectivity index (χ1v) is 10.6. The molecule has 4 rings (SSSR count). The molecule has 0 amide bonds. The summed E-state index contributed by atoms with van der Waals surface area (Å²) in [5, 5.41) is 13.2. The highest BCUT2D eigenvalue weighted by molar-refractivity contribution is 7.89. The third kappa shape index (κ3) is 3.74. The molecule has 0 aliphatic heterocycles. The number of aromatic nitrogens is 4. The van der Waals surface area contributed by atoms with Gasteiger partial charge in [0.05, 0.1) is 28.7 Å². The number of nitrogens with two attached hydrogens (primary N) is 1. The van der Waals surface area contributed by atoms with Crippen LogP contribution in [-0.4, -0.2) is 33.9 Å². The van der Waals surface area contributed by atoms with Crippen molar-refractivity contribution in [3.63, 3.8) is 0 Å². The van der Waals surface area contributed by atoms with Crippen LogP contribution in [0.1, 0.15) is 43.8 Å². The average Bonchev–Trinajstić information content (AvgIpc) is 3.41. The molecular weight excluding hydrogens is 388 g/mol. The lowest BCUT2D eigenvalue weighted by Crippen LogP contribution is -2.18. The number of halogens is 2. The number of fused-ring (bicyclic) bond motifs is 1. The van der Waals surface area contributed by atoms with Crippen molar-refractivity contribution in [2.24, 2.45) is 5.14 Å². The molecule has 1 fully saturated rings. The Balaban J connectivity index is 1.75. The van der Waals surface area contributed by atoms with Gasteiger partial charge in [-0.3, -0.25) is 0 Å². The maximum absolute atomic E-state index is 13.8. The van der Waals surface area contributed by atoms with Crippen molar-refractivity contribution in [2.75, 3.05) is 5.75 Å². The molecule has 1 saturated carbocycles. The molecular formula is C18H19F2N5O2S. The van der Waals surface area contributed by atoms with Gasteiger partial charge < -0.3 is 4.57 Å². The Labute approximate surface area is 160 Å². The van der Waals surface area contributed by atoms with Crippen LogP contribution in [0.25, 0.3) is 22.4 Å². The molecule has 1 aliphatic carbocycles. The Bertz CT molecular complexity index is 1160. The summed E-state index contributed by atoms with van der Waals surface area (Å²) in [6, 6.07) is 4.23. The fourth-order valence-electron chi connectivity index (χ4n) is 3.23. The van der Waals surface area contributed by atoms with Crippen LogP contribution in [0.4, 0.5) is 8.78 Å². The van der Waals surface area contributed by atoms with E-state index in [1.807, 2.05) is 11.5 Å². The van der Waals surface area contributed by atoms with Gasteiger partial charge in [0.1, 0.15) is 5.82 Å². The first-order valence-electron chi connectivity index (χ1n) is 8.93. The zero-order valence-electron chi connectivity index (χ0n) is 15.1. The van der Waals surface area contributed by atoms with E-state index < -0.39 is 21.7 Å². The molecule has 1 unspecified atom stereocenters. The summed E-state index contributed by atoms with van der Waals surface area (Å²) in [4.78, 5) is 4.50. The third-order valence-corrected chi connectivity index (χ3v) is 5.72. The second-order valence-electron chi connectivity index (χ2n) is 7.22. The fourth-order valence-corrected chi connectivity index (χ4v) is 3.91. The molecule has 2 aromatic heterocycles.